The molecule has 0 saturated heterocycles. The first kappa shape index (κ1) is 13.0. The molecule has 1 aromatic heterocycles. The first-order valence-electron chi connectivity index (χ1n) is 8.13. The lowest BCUT2D eigenvalue weighted by Gasteiger charge is -2.25. The molecule has 0 atom stereocenters. The van der Waals surface area contributed by atoms with Gasteiger partial charge in [0.1, 0.15) is 0 Å². The molecular weight excluding hydrogens is 232 g/mol. The lowest BCUT2D eigenvalue weighted by Crippen LogP contribution is -2.27. The minimum absolute atomic E-state index is 0.911. The van der Waals surface area contributed by atoms with Gasteiger partial charge in [0.05, 0.1) is 5.36 Å². The molecule has 0 bridgehead atoms. The highest BCUT2D eigenvalue weighted by atomic mass is 15.0. The summed E-state index contributed by atoms with van der Waals surface area (Å²) in [6.45, 7) is 3.47. The third-order valence-corrected chi connectivity index (χ3v) is 4.87. The molecule has 0 aliphatic heterocycles. The second-order valence-corrected chi connectivity index (χ2v) is 6.14. The monoisotopic (exact) mass is 258 g/mol. The topological polar surface area (TPSA) is 28.8 Å². The molecule has 2 heteroatoms. The van der Waals surface area contributed by atoms with Crippen LogP contribution < -0.4 is 5.36 Å². The van der Waals surface area contributed by atoms with Crippen molar-refractivity contribution in [3.63, 3.8) is 0 Å². The van der Waals surface area contributed by atoms with Crippen molar-refractivity contribution >= 4 is 0 Å². The van der Waals surface area contributed by atoms with Gasteiger partial charge in [0.2, 0.25) is 0 Å². The zero-order valence-corrected chi connectivity index (χ0v) is 12.2. The Morgan fingerprint density at radius 1 is 0.895 bits per heavy atom. The van der Waals surface area contributed by atoms with Crippen LogP contribution in [0.25, 0.3) is 0 Å². The van der Waals surface area contributed by atoms with Crippen LogP contribution in [0.5, 0.6) is 0 Å². The van der Waals surface area contributed by atoms with Crippen molar-refractivity contribution < 1.29 is 0 Å². The highest BCUT2D eigenvalue weighted by Gasteiger charge is 2.23. The molecule has 2 aliphatic carbocycles. The number of hydrogen-bond donors (Lipinski definition) is 1. The number of unbranched alkanes of at least 4 members (excludes halogenated alkanes) is 2. The van der Waals surface area contributed by atoms with Crippen LogP contribution in [-0.2, 0) is 32.2 Å². The molecule has 19 heavy (non-hydrogen) atoms. The predicted octanol–water partition coefficient (Wildman–Crippen LogP) is 3.53. The maximum absolute atomic E-state index is 8.50. The van der Waals surface area contributed by atoms with Crippen LogP contribution in [0.2, 0.25) is 0 Å². The molecule has 3 rings (SSSR count). The Labute approximate surface area is 116 Å². The fourth-order valence-corrected chi connectivity index (χ4v) is 3.89. The van der Waals surface area contributed by atoms with E-state index in [1.807, 2.05) is 0 Å². The normalized spacial score (nSPS) is 17.3. The van der Waals surface area contributed by atoms with Gasteiger partial charge in [-0.05, 0) is 62.5 Å². The summed E-state index contributed by atoms with van der Waals surface area (Å²) in [6, 6.07) is 0. The van der Waals surface area contributed by atoms with Crippen molar-refractivity contribution in [2.75, 3.05) is 0 Å². The molecule has 0 fully saturated rings. The summed E-state index contributed by atoms with van der Waals surface area (Å²) in [6.07, 6.45) is 12.5. The number of rotatable bonds is 4. The predicted molar refractivity (Wildman–Crippen MR) is 78.5 cm³/mol. The largest absolute Gasteiger partial charge is 0.348 e. The van der Waals surface area contributed by atoms with Gasteiger partial charge in [-0.3, -0.25) is 0 Å². The van der Waals surface area contributed by atoms with E-state index in [1.165, 1.54) is 80.4 Å². The summed E-state index contributed by atoms with van der Waals surface area (Å²) >= 11 is 0. The summed E-state index contributed by atoms with van der Waals surface area (Å²) in [5.41, 5.74) is 5.82. The second-order valence-electron chi connectivity index (χ2n) is 6.14. The summed E-state index contributed by atoms with van der Waals surface area (Å²) in [4.78, 5) is 0. The van der Waals surface area contributed by atoms with E-state index >= 15 is 0 Å². The summed E-state index contributed by atoms with van der Waals surface area (Å²) < 4.78 is 2.63. The molecule has 0 unspecified atom stereocenters. The van der Waals surface area contributed by atoms with Gasteiger partial charge in [0.15, 0.2) is 0 Å². The molecule has 0 aromatic carbocycles. The molecule has 0 radical (unpaired) electrons. The van der Waals surface area contributed by atoms with Gasteiger partial charge in [-0.15, -0.1) is 0 Å². The van der Waals surface area contributed by atoms with E-state index in [0.717, 1.165) is 18.2 Å². The standard InChI is InChI=1S/C17H26N2/c1-2-3-6-12-19-15-10-5-4-8-13(15)17(18)14-9-7-11-16(14)19/h18H,2-12H2,1H3. The average Bonchev–Trinajstić information content (AvgIpc) is 2.92. The van der Waals surface area contributed by atoms with Gasteiger partial charge in [-0.25, -0.2) is 0 Å². The van der Waals surface area contributed by atoms with Gasteiger partial charge in [0.25, 0.3) is 0 Å². The van der Waals surface area contributed by atoms with Crippen LogP contribution in [-0.4, -0.2) is 4.57 Å². The molecule has 1 heterocycles. The molecule has 0 amide bonds. The summed E-state index contributed by atoms with van der Waals surface area (Å²) in [7, 11) is 0. The fourth-order valence-electron chi connectivity index (χ4n) is 3.89. The Balaban J connectivity index is 2.05. The zero-order chi connectivity index (χ0) is 13.2. The van der Waals surface area contributed by atoms with Crippen LogP contribution in [0.1, 0.15) is 68.0 Å². The lowest BCUT2D eigenvalue weighted by molar-refractivity contribution is 0.530. The van der Waals surface area contributed by atoms with E-state index in [2.05, 4.69) is 11.5 Å². The first-order chi connectivity index (χ1) is 9.33. The second kappa shape index (κ2) is 5.52. The zero-order valence-electron chi connectivity index (χ0n) is 12.2. The summed E-state index contributed by atoms with van der Waals surface area (Å²) in [5.74, 6) is 0. The van der Waals surface area contributed by atoms with E-state index in [9.17, 15) is 0 Å². The van der Waals surface area contributed by atoms with Gasteiger partial charge in [-0.2, -0.15) is 0 Å². The van der Waals surface area contributed by atoms with Gasteiger partial charge in [-0.1, -0.05) is 19.8 Å². The highest BCUT2D eigenvalue weighted by Crippen LogP contribution is 2.27. The number of pyridine rings is 1. The van der Waals surface area contributed by atoms with Crippen LogP contribution in [0, 0.1) is 5.41 Å². The van der Waals surface area contributed by atoms with E-state index < -0.39 is 0 Å². The van der Waals surface area contributed by atoms with E-state index in [4.69, 9.17) is 5.41 Å². The molecule has 2 aliphatic rings. The van der Waals surface area contributed by atoms with E-state index in [-0.39, 0.29) is 0 Å². The van der Waals surface area contributed by atoms with Gasteiger partial charge in [0, 0.05) is 17.9 Å². The quantitative estimate of drug-likeness (QED) is 0.801. The lowest BCUT2D eigenvalue weighted by atomic mass is 9.92. The molecule has 1 N–H and O–H groups in total. The number of hydrogen-bond acceptors (Lipinski definition) is 1. The molecule has 0 saturated carbocycles. The molecule has 1 aromatic rings. The van der Waals surface area contributed by atoms with Gasteiger partial charge >= 0.3 is 0 Å². The maximum atomic E-state index is 8.50. The van der Waals surface area contributed by atoms with Crippen LogP contribution in [0.3, 0.4) is 0 Å². The van der Waals surface area contributed by atoms with Crippen LogP contribution in [0.15, 0.2) is 0 Å². The molecular formula is C17H26N2. The van der Waals surface area contributed by atoms with Crippen molar-refractivity contribution in [1.29, 1.82) is 5.41 Å². The van der Waals surface area contributed by atoms with Crippen molar-refractivity contribution in [2.24, 2.45) is 0 Å². The first-order valence-corrected chi connectivity index (χ1v) is 8.13. The highest BCUT2D eigenvalue weighted by molar-refractivity contribution is 5.35. The minimum Gasteiger partial charge on any atom is -0.348 e. The third-order valence-electron chi connectivity index (χ3n) is 4.87. The summed E-state index contributed by atoms with van der Waals surface area (Å²) in [5, 5.41) is 9.41. The Morgan fingerprint density at radius 2 is 1.53 bits per heavy atom. The van der Waals surface area contributed by atoms with E-state index in [0.29, 0.717) is 0 Å². The van der Waals surface area contributed by atoms with Crippen molar-refractivity contribution in [1.82, 2.24) is 4.57 Å². The number of fused-ring (bicyclic) bond motifs is 2. The van der Waals surface area contributed by atoms with Crippen LogP contribution >= 0.6 is 0 Å². The molecule has 104 valence electrons. The minimum atomic E-state index is 0.911. The fraction of sp³-hybridized carbons (Fsp3) is 0.706. The smallest absolute Gasteiger partial charge is 0.0638 e. The molecule has 2 nitrogen and oxygen atoms in total. The Kier molecular flexibility index (Phi) is 3.76. The Morgan fingerprint density at radius 3 is 2.26 bits per heavy atom. The maximum Gasteiger partial charge on any atom is 0.0638 e. The Hall–Kier alpha value is -1.05. The van der Waals surface area contributed by atoms with E-state index in [1.54, 1.807) is 0 Å². The Bertz CT molecular complexity index is 525. The third kappa shape index (κ3) is 2.26. The van der Waals surface area contributed by atoms with Crippen LogP contribution in [0.4, 0.5) is 0 Å². The van der Waals surface area contributed by atoms with Crippen molar-refractivity contribution in [3.05, 3.63) is 27.9 Å². The number of nitrogens with one attached hydrogen (secondary N) is 1. The number of nitrogens with zero attached hydrogens (tertiary/aromatic N) is 1. The number of aromatic nitrogens is 1. The van der Waals surface area contributed by atoms with Crippen molar-refractivity contribution in [2.45, 2.75) is 77.7 Å². The average molecular weight is 258 g/mol. The van der Waals surface area contributed by atoms with Gasteiger partial charge < -0.3 is 9.98 Å². The molecule has 0 spiro atoms. The van der Waals surface area contributed by atoms with Crippen molar-refractivity contribution in [3.8, 4) is 0 Å². The SMILES string of the molecule is CCCCCn1c2c(c(=N)c3c1CCC3)CCCC2.